The lowest BCUT2D eigenvalue weighted by Gasteiger charge is -2.33. The SMILES string of the molecule is CCc1cnc(NC2CCN(C(=O)OC(C)(C)C)CC2)nc1. The Hall–Kier alpha value is -1.85. The van der Waals surface area contributed by atoms with E-state index in [4.69, 9.17) is 4.74 Å². The van der Waals surface area contributed by atoms with E-state index in [2.05, 4.69) is 22.2 Å². The molecule has 1 amide bonds. The molecular formula is C16H26N4O2. The van der Waals surface area contributed by atoms with Crippen LogP contribution in [0.2, 0.25) is 0 Å². The highest BCUT2D eigenvalue weighted by Crippen LogP contribution is 2.17. The minimum Gasteiger partial charge on any atom is -0.444 e. The molecule has 2 rings (SSSR count). The number of aromatic nitrogens is 2. The Labute approximate surface area is 132 Å². The van der Waals surface area contributed by atoms with Crippen molar-refractivity contribution in [3.63, 3.8) is 0 Å². The van der Waals surface area contributed by atoms with Crippen LogP contribution in [-0.4, -0.2) is 45.7 Å². The Kier molecular flexibility index (Phi) is 5.21. The highest BCUT2D eigenvalue weighted by molar-refractivity contribution is 5.68. The summed E-state index contributed by atoms with van der Waals surface area (Å²) >= 11 is 0. The van der Waals surface area contributed by atoms with Gasteiger partial charge in [0.25, 0.3) is 0 Å². The summed E-state index contributed by atoms with van der Waals surface area (Å²) in [5.41, 5.74) is 0.686. The number of aryl methyl sites for hydroxylation is 1. The standard InChI is InChI=1S/C16H26N4O2/c1-5-12-10-17-14(18-11-12)19-13-6-8-20(9-7-13)15(21)22-16(2,3)4/h10-11,13H,5-9H2,1-4H3,(H,17,18,19). The molecule has 1 fully saturated rings. The van der Waals surface area contributed by atoms with Crippen LogP contribution in [0.5, 0.6) is 0 Å². The minimum absolute atomic E-state index is 0.227. The van der Waals surface area contributed by atoms with Gasteiger partial charge in [0.15, 0.2) is 0 Å². The van der Waals surface area contributed by atoms with Gasteiger partial charge in [0.05, 0.1) is 0 Å². The number of nitrogens with zero attached hydrogens (tertiary/aromatic N) is 3. The maximum absolute atomic E-state index is 12.0. The molecule has 22 heavy (non-hydrogen) atoms. The molecule has 0 atom stereocenters. The van der Waals surface area contributed by atoms with Crippen molar-refractivity contribution in [3.8, 4) is 0 Å². The summed E-state index contributed by atoms with van der Waals surface area (Å²) in [5, 5.41) is 3.34. The van der Waals surface area contributed by atoms with E-state index in [1.807, 2.05) is 33.2 Å². The second-order valence-corrected chi connectivity index (χ2v) is 6.65. The van der Waals surface area contributed by atoms with Gasteiger partial charge in [0.1, 0.15) is 5.60 Å². The van der Waals surface area contributed by atoms with E-state index in [0.29, 0.717) is 25.1 Å². The molecule has 0 unspecified atom stereocenters. The molecule has 1 aliphatic rings. The maximum Gasteiger partial charge on any atom is 0.410 e. The van der Waals surface area contributed by atoms with Crippen LogP contribution >= 0.6 is 0 Å². The van der Waals surface area contributed by atoms with Gasteiger partial charge >= 0.3 is 6.09 Å². The number of piperidine rings is 1. The monoisotopic (exact) mass is 306 g/mol. The van der Waals surface area contributed by atoms with E-state index in [1.54, 1.807) is 4.90 Å². The zero-order chi connectivity index (χ0) is 16.2. The molecule has 122 valence electrons. The molecule has 1 aliphatic heterocycles. The molecule has 0 bridgehead atoms. The summed E-state index contributed by atoms with van der Waals surface area (Å²) in [7, 11) is 0. The van der Waals surface area contributed by atoms with Gasteiger partial charge in [0.2, 0.25) is 5.95 Å². The van der Waals surface area contributed by atoms with Crippen LogP contribution in [0, 0.1) is 0 Å². The molecule has 0 saturated carbocycles. The van der Waals surface area contributed by atoms with Crippen LogP contribution in [0.25, 0.3) is 0 Å². The molecule has 1 aromatic heterocycles. The largest absolute Gasteiger partial charge is 0.444 e. The summed E-state index contributed by atoms with van der Waals surface area (Å²) in [6, 6.07) is 0.297. The smallest absolute Gasteiger partial charge is 0.410 e. The summed E-state index contributed by atoms with van der Waals surface area (Å²) in [6.45, 7) is 9.13. The van der Waals surface area contributed by atoms with Gasteiger partial charge in [-0.15, -0.1) is 0 Å². The number of likely N-dealkylation sites (tertiary alicyclic amines) is 1. The van der Waals surface area contributed by atoms with Gasteiger partial charge in [-0.2, -0.15) is 0 Å². The Morgan fingerprint density at radius 2 is 1.91 bits per heavy atom. The van der Waals surface area contributed by atoms with Gasteiger partial charge < -0.3 is 15.0 Å². The Morgan fingerprint density at radius 1 is 1.32 bits per heavy atom. The normalized spacial score (nSPS) is 16.5. The predicted molar refractivity (Wildman–Crippen MR) is 85.9 cm³/mol. The number of anilines is 1. The maximum atomic E-state index is 12.0. The average molecular weight is 306 g/mol. The van der Waals surface area contributed by atoms with Gasteiger partial charge in [-0.05, 0) is 45.6 Å². The van der Waals surface area contributed by atoms with Gasteiger partial charge in [-0.3, -0.25) is 0 Å². The summed E-state index contributed by atoms with van der Waals surface area (Å²) in [4.78, 5) is 22.4. The second kappa shape index (κ2) is 6.94. The van der Waals surface area contributed by atoms with Crippen LogP contribution in [0.3, 0.4) is 0 Å². The first kappa shape index (κ1) is 16.5. The van der Waals surface area contributed by atoms with E-state index in [9.17, 15) is 4.79 Å². The van der Waals surface area contributed by atoms with Crippen molar-refractivity contribution in [1.29, 1.82) is 0 Å². The number of hydrogen-bond acceptors (Lipinski definition) is 5. The van der Waals surface area contributed by atoms with Gasteiger partial charge in [-0.1, -0.05) is 6.92 Å². The van der Waals surface area contributed by atoms with Crippen LogP contribution in [0.15, 0.2) is 12.4 Å². The lowest BCUT2D eigenvalue weighted by Crippen LogP contribution is -2.44. The van der Waals surface area contributed by atoms with Crippen LogP contribution in [0.4, 0.5) is 10.7 Å². The fraction of sp³-hybridized carbons (Fsp3) is 0.688. The lowest BCUT2D eigenvalue weighted by atomic mass is 10.1. The molecule has 1 saturated heterocycles. The first-order chi connectivity index (χ1) is 10.4. The van der Waals surface area contributed by atoms with Gasteiger partial charge in [-0.25, -0.2) is 14.8 Å². The predicted octanol–water partition coefficient (Wildman–Crippen LogP) is 2.85. The highest BCUT2D eigenvalue weighted by atomic mass is 16.6. The number of hydrogen-bond donors (Lipinski definition) is 1. The number of carbonyl (C=O) groups is 1. The summed E-state index contributed by atoms with van der Waals surface area (Å²) in [5.74, 6) is 0.660. The van der Waals surface area contributed by atoms with E-state index in [-0.39, 0.29) is 6.09 Å². The number of ether oxygens (including phenoxy) is 1. The zero-order valence-electron chi connectivity index (χ0n) is 13.9. The topological polar surface area (TPSA) is 67.4 Å². The second-order valence-electron chi connectivity index (χ2n) is 6.65. The third-order valence-electron chi connectivity index (χ3n) is 3.59. The van der Waals surface area contributed by atoms with Crippen molar-refractivity contribution in [1.82, 2.24) is 14.9 Å². The molecule has 1 aromatic rings. The third kappa shape index (κ3) is 4.86. The number of amides is 1. The quantitative estimate of drug-likeness (QED) is 0.930. The first-order valence-electron chi connectivity index (χ1n) is 7.93. The van der Waals surface area contributed by atoms with Crippen molar-refractivity contribution < 1.29 is 9.53 Å². The molecule has 0 aromatic carbocycles. The molecular weight excluding hydrogens is 280 g/mol. The first-order valence-corrected chi connectivity index (χ1v) is 7.93. The molecule has 0 radical (unpaired) electrons. The van der Waals surface area contributed by atoms with Crippen LogP contribution in [0.1, 0.15) is 46.1 Å². The van der Waals surface area contributed by atoms with Crippen molar-refractivity contribution >= 4 is 12.0 Å². The lowest BCUT2D eigenvalue weighted by molar-refractivity contribution is 0.0210. The van der Waals surface area contributed by atoms with Crippen LogP contribution < -0.4 is 5.32 Å². The van der Waals surface area contributed by atoms with Crippen LogP contribution in [-0.2, 0) is 11.2 Å². The molecule has 6 heteroatoms. The van der Waals surface area contributed by atoms with Crippen molar-refractivity contribution in [3.05, 3.63) is 18.0 Å². The van der Waals surface area contributed by atoms with E-state index >= 15 is 0 Å². The Morgan fingerprint density at radius 3 is 2.41 bits per heavy atom. The van der Waals surface area contributed by atoms with Crippen molar-refractivity contribution in [2.75, 3.05) is 18.4 Å². The van der Waals surface area contributed by atoms with E-state index < -0.39 is 5.60 Å². The fourth-order valence-electron chi connectivity index (χ4n) is 2.33. The highest BCUT2D eigenvalue weighted by Gasteiger charge is 2.26. The van der Waals surface area contributed by atoms with Crippen molar-refractivity contribution in [2.24, 2.45) is 0 Å². The number of nitrogens with one attached hydrogen (secondary N) is 1. The molecule has 2 heterocycles. The average Bonchev–Trinajstić information content (AvgIpc) is 2.47. The minimum atomic E-state index is -0.443. The zero-order valence-corrected chi connectivity index (χ0v) is 13.9. The fourth-order valence-corrected chi connectivity index (χ4v) is 2.33. The summed E-state index contributed by atoms with van der Waals surface area (Å²) in [6.07, 6.45) is 6.16. The molecule has 0 aliphatic carbocycles. The number of carbonyl (C=O) groups excluding carboxylic acids is 1. The van der Waals surface area contributed by atoms with Crippen molar-refractivity contribution in [2.45, 2.75) is 58.6 Å². The van der Waals surface area contributed by atoms with E-state index in [1.165, 1.54) is 0 Å². The molecule has 1 N–H and O–H groups in total. The Bertz CT molecular complexity index is 488. The molecule has 6 nitrogen and oxygen atoms in total. The van der Waals surface area contributed by atoms with E-state index in [0.717, 1.165) is 24.8 Å². The Balaban J connectivity index is 1.80. The third-order valence-corrected chi connectivity index (χ3v) is 3.59. The number of rotatable bonds is 3. The molecule has 0 spiro atoms. The summed E-state index contributed by atoms with van der Waals surface area (Å²) < 4.78 is 5.40. The van der Waals surface area contributed by atoms with Gasteiger partial charge in [0, 0.05) is 31.5 Å².